The van der Waals surface area contributed by atoms with Crippen molar-refractivity contribution in [3.8, 4) is 0 Å². The van der Waals surface area contributed by atoms with Crippen LogP contribution in [0.4, 0.5) is 0 Å². The Balaban J connectivity index is 3.67. The largest absolute Gasteiger partial charge is 0.355 e. The van der Waals surface area contributed by atoms with E-state index in [0.717, 1.165) is 6.42 Å². The summed E-state index contributed by atoms with van der Waals surface area (Å²) in [6.45, 7) is 7.96. The standard InChI is InChI=1S/C24H47N/c1-4-7-10-12-14-15-16-17-19-21-24-25(22-9-6-3)23-20-18-13-11-8-5-2/h9,20,22-23H,4-8,10-19,21,24H2,1-3H3. The summed E-state index contributed by atoms with van der Waals surface area (Å²) >= 11 is 0. The Morgan fingerprint density at radius 1 is 0.520 bits per heavy atom. The van der Waals surface area contributed by atoms with Gasteiger partial charge in [-0.2, -0.15) is 0 Å². The van der Waals surface area contributed by atoms with Crippen LogP contribution in [0.3, 0.4) is 0 Å². The Morgan fingerprint density at radius 2 is 1.00 bits per heavy atom. The van der Waals surface area contributed by atoms with Crippen LogP contribution in [0.1, 0.15) is 124 Å². The normalized spacial score (nSPS) is 11.8. The fourth-order valence-corrected chi connectivity index (χ4v) is 3.12. The van der Waals surface area contributed by atoms with E-state index in [0.29, 0.717) is 0 Å². The van der Waals surface area contributed by atoms with Gasteiger partial charge in [-0.3, -0.25) is 0 Å². The number of hydrogen-bond acceptors (Lipinski definition) is 1. The van der Waals surface area contributed by atoms with Crippen LogP contribution >= 0.6 is 0 Å². The van der Waals surface area contributed by atoms with Crippen molar-refractivity contribution in [2.75, 3.05) is 6.54 Å². The molecule has 1 nitrogen and oxygen atoms in total. The van der Waals surface area contributed by atoms with Crippen LogP contribution in [0.2, 0.25) is 0 Å². The smallest absolute Gasteiger partial charge is 0.0219 e. The van der Waals surface area contributed by atoms with Crippen LogP contribution in [0.5, 0.6) is 0 Å². The molecule has 0 rings (SSSR count). The van der Waals surface area contributed by atoms with Gasteiger partial charge in [-0.25, -0.2) is 0 Å². The van der Waals surface area contributed by atoms with Gasteiger partial charge in [-0.1, -0.05) is 110 Å². The minimum Gasteiger partial charge on any atom is -0.355 e. The molecule has 0 heterocycles. The summed E-state index contributed by atoms with van der Waals surface area (Å²) in [7, 11) is 0. The van der Waals surface area contributed by atoms with Gasteiger partial charge in [0.1, 0.15) is 0 Å². The molecule has 0 saturated heterocycles. The average molecular weight is 350 g/mol. The zero-order valence-electron chi connectivity index (χ0n) is 17.8. The highest BCUT2D eigenvalue weighted by Gasteiger charge is 1.96. The van der Waals surface area contributed by atoms with E-state index in [-0.39, 0.29) is 0 Å². The zero-order chi connectivity index (χ0) is 18.4. The lowest BCUT2D eigenvalue weighted by molar-refractivity contribution is 0.461. The first-order valence-electron chi connectivity index (χ1n) is 11.4. The summed E-state index contributed by atoms with van der Waals surface area (Å²) in [4.78, 5) is 2.40. The highest BCUT2D eigenvalue weighted by atomic mass is 15.1. The van der Waals surface area contributed by atoms with Crippen molar-refractivity contribution < 1.29 is 0 Å². The van der Waals surface area contributed by atoms with Gasteiger partial charge in [0.2, 0.25) is 0 Å². The van der Waals surface area contributed by atoms with Crippen molar-refractivity contribution >= 4 is 0 Å². The third-order valence-electron chi connectivity index (χ3n) is 4.82. The Labute approximate surface area is 160 Å². The summed E-state index contributed by atoms with van der Waals surface area (Å²) in [6, 6.07) is 0. The Morgan fingerprint density at radius 3 is 1.56 bits per heavy atom. The van der Waals surface area contributed by atoms with Crippen molar-refractivity contribution in [2.45, 2.75) is 124 Å². The summed E-state index contributed by atoms with van der Waals surface area (Å²) < 4.78 is 0. The van der Waals surface area contributed by atoms with Crippen molar-refractivity contribution in [1.82, 2.24) is 4.90 Å². The van der Waals surface area contributed by atoms with E-state index in [9.17, 15) is 0 Å². The van der Waals surface area contributed by atoms with E-state index in [4.69, 9.17) is 0 Å². The molecule has 0 saturated carbocycles. The molecule has 0 bridgehead atoms. The highest BCUT2D eigenvalue weighted by molar-refractivity contribution is 4.91. The minimum atomic E-state index is 1.12. The van der Waals surface area contributed by atoms with E-state index in [2.05, 4.69) is 50.2 Å². The molecule has 0 aliphatic carbocycles. The van der Waals surface area contributed by atoms with Gasteiger partial charge < -0.3 is 4.90 Å². The molecule has 0 spiro atoms. The summed E-state index contributed by atoms with van der Waals surface area (Å²) in [5, 5.41) is 0. The molecular weight excluding hydrogens is 302 g/mol. The lowest BCUT2D eigenvalue weighted by Crippen LogP contribution is -2.11. The predicted molar refractivity (Wildman–Crippen MR) is 116 cm³/mol. The first-order valence-corrected chi connectivity index (χ1v) is 11.4. The fraction of sp³-hybridized carbons (Fsp3) is 0.833. The number of allylic oxidation sites excluding steroid dienone is 2. The number of hydrogen-bond donors (Lipinski definition) is 0. The Kier molecular flexibility index (Phi) is 20.7. The Hall–Kier alpha value is -0.720. The van der Waals surface area contributed by atoms with Crippen molar-refractivity contribution in [1.29, 1.82) is 0 Å². The van der Waals surface area contributed by atoms with E-state index < -0.39 is 0 Å². The summed E-state index contributed by atoms with van der Waals surface area (Å²) in [6.07, 6.45) is 31.1. The summed E-state index contributed by atoms with van der Waals surface area (Å²) in [5.41, 5.74) is 0. The van der Waals surface area contributed by atoms with E-state index in [1.54, 1.807) is 0 Å². The van der Waals surface area contributed by atoms with Gasteiger partial charge in [0.15, 0.2) is 0 Å². The van der Waals surface area contributed by atoms with Gasteiger partial charge >= 0.3 is 0 Å². The van der Waals surface area contributed by atoms with Crippen LogP contribution < -0.4 is 0 Å². The van der Waals surface area contributed by atoms with E-state index in [1.165, 1.54) is 103 Å². The maximum Gasteiger partial charge on any atom is 0.0219 e. The predicted octanol–water partition coefficient (Wildman–Crippen LogP) is 8.62. The molecule has 0 aliphatic heterocycles. The molecule has 0 N–H and O–H groups in total. The fourth-order valence-electron chi connectivity index (χ4n) is 3.12. The van der Waals surface area contributed by atoms with Crippen LogP contribution in [-0.2, 0) is 0 Å². The molecule has 0 aliphatic rings. The molecule has 0 unspecified atom stereocenters. The number of nitrogens with zero attached hydrogens (tertiary/aromatic N) is 1. The molecule has 0 amide bonds. The lowest BCUT2D eigenvalue weighted by atomic mass is 10.1. The van der Waals surface area contributed by atoms with Gasteiger partial charge in [-0.15, -0.1) is 0 Å². The molecule has 0 atom stereocenters. The van der Waals surface area contributed by atoms with E-state index in [1.807, 2.05) is 0 Å². The highest BCUT2D eigenvalue weighted by Crippen LogP contribution is 2.11. The molecular formula is C24H47N. The maximum absolute atomic E-state index is 2.40. The molecule has 0 aromatic carbocycles. The molecule has 25 heavy (non-hydrogen) atoms. The van der Waals surface area contributed by atoms with E-state index >= 15 is 0 Å². The van der Waals surface area contributed by atoms with Crippen LogP contribution in [-0.4, -0.2) is 11.4 Å². The monoisotopic (exact) mass is 349 g/mol. The SMILES string of the molecule is CCC=CN(C=CCCCCCC)CCCCCCCCCCCC. The topological polar surface area (TPSA) is 3.24 Å². The third kappa shape index (κ3) is 19.5. The molecule has 0 radical (unpaired) electrons. The van der Waals surface area contributed by atoms with Crippen molar-refractivity contribution in [3.63, 3.8) is 0 Å². The zero-order valence-corrected chi connectivity index (χ0v) is 17.8. The van der Waals surface area contributed by atoms with Gasteiger partial charge in [0.05, 0.1) is 0 Å². The number of unbranched alkanes of at least 4 members (excludes halogenated alkanes) is 13. The molecule has 0 aromatic heterocycles. The molecule has 0 fully saturated rings. The third-order valence-corrected chi connectivity index (χ3v) is 4.82. The van der Waals surface area contributed by atoms with Gasteiger partial charge in [0, 0.05) is 6.54 Å². The van der Waals surface area contributed by atoms with Crippen LogP contribution in [0.25, 0.3) is 0 Å². The van der Waals surface area contributed by atoms with Crippen LogP contribution in [0, 0.1) is 0 Å². The minimum absolute atomic E-state index is 1.12. The number of rotatable bonds is 19. The van der Waals surface area contributed by atoms with Crippen molar-refractivity contribution in [3.05, 3.63) is 24.6 Å². The molecule has 148 valence electrons. The summed E-state index contributed by atoms with van der Waals surface area (Å²) in [5.74, 6) is 0. The second kappa shape index (κ2) is 21.3. The first kappa shape index (κ1) is 24.3. The second-order valence-corrected chi connectivity index (χ2v) is 7.45. The second-order valence-electron chi connectivity index (χ2n) is 7.45. The van der Waals surface area contributed by atoms with Crippen LogP contribution in [0.15, 0.2) is 24.6 Å². The maximum atomic E-state index is 2.40. The Bertz CT molecular complexity index is 292. The van der Waals surface area contributed by atoms with Gasteiger partial charge in [-0.05, 0) is 38.1 Å². The van der Waals surface area contributed by atoms with Gasteiger partial charge in [0.25, 0.3) is 0 Å². The molecule has 1 heteroatoms. The quantitative estimate of drug-likeness (QED) is 0.211. The first-order chi connectivity index (χ1) is 12.3. The lowest BCUT2D eigenvalue weighted by Gasteiger charge is -2.15. The molecule has 0 aromatic rings. The van der Waals surface area contributed by atoms with Crippen molar-refractivity contribution in [2.24, 2.45) is 0 Å². The average Bonchev–Trinajstić information content (AvgIpc) is 2.63.